The summed E-state index contributed by atoms with van der Waals surface area (Å²) in [5, 5.41) is 10.8. The van der Waals surface area contributed by atoms with Crippen molar-refractivity contribution in [3.8, 4) is 11.5 Å². The first-order chi connectivity index (χ1) is 29.8. The molecule has 0 bridgehead atoms. The van der Waals surface area contributed by atoms with Crippen molar-refractivity contribution in [2.45, 2.75) is 116 Å². The minimum Gasteiger partial charge on any atom is -0.493 e. The van der Waals surface area contributed by atoms with Crippen LogP contribution in [0, 0.1) is 5.41 Å². The summed E-state index contributed by atoms with van der Waals surface area (Å²) in [6.45, 7) is 10.0. The molecule has 0 spiro atoms. The number of nitrogens with one attached hydrogen (secondary N) is 2. The molecule has 2 amide bonds. The van der Waals surface area contributed by atoms with Crippen molar-refractivity contribution in [3.63, 3.8) is 0 Å². The Balaban J connectivity index is 1.16. The molecule has 0 aliphatic rings. The Hall–Kier alpha value is -5.46. The number of nitrogens with zero attached hydrogens (tertiary/aromatic N) is 3. The van der Waals surface area contributed by atoms with Gasteiger partial charge in [0.05, 0.1) is 22.9 Å². The summed E-state index contributed by atoms with van der Waals surface area (Å²) in [6.07, 6.45) is 11.2. The smallest absolute Gasteiger partial charge is 0.343 e. The molecular formula is C49H58ClN5O6S. The summed E-state index contributed by atoms with van der Waals surface area (Å²) in [7, 11) is 0. The van der Waals surface area contributed by atoms with Gasteiger partial charge in [0.2, 0.25) is 11.1 Å². The molecule has 0 aliphatic heterocycles. The van der Waals surface area contributed by atoms with Crippen molar-refractivity contribution in [2.75, 3.05) is 17.2 Å². The molecule has 0 saturated heterocycles. The molecule has 11 nitrogen and oxygen atoms in total. The number of ketones is 1. The number of aryl methyl sites for hydroxylation is 2. The third-order valence-electron chi connectivity index (χ3n) is 10.1. The number of Topliss-reactive ketones (excluding diaryl/α,β-unsaturated/α-hetero) is 1. The summed E-state index contributed by atoms with van der Waals surface area (Å²) in [5.41, 5.74) is 3.65. The van der Waals surface area contributed by atoms with Crippen LogP contribution in [0.5, 0.6) is 11.5 Å². The van der Waals surface area contributed by atoms with Crippen LogP contribution < -0.4 is 20.1 Å². The highest BCUT2D eigenvalue weighted by Crippen LogP contribution is 2.30. The number of thioether (sulfide) groups is 1. The summed E-state index contributed by atoms with van der Waals surface area (Å²) in [5.74, 6) is 0.108. The number of aromatic nitrogens is 3. The van der Waals surface area contributed by atoms with Crippen molar-refractivity contribution in [1.82, 2.24) is 14.8 Å². The number of amides is 2. The lowest BCUT2D eigenvalue weighted by Gasteiger charge is -2.24. The Morgan fingerprint density at radius 1 is 0.806 bits per heavy atom. The zero-order valence-corrected chi connectivity index (χ0v) is 38.0. The lowest BCUT2D eigenvalue weighted by Crippen LogP contribution is -2.39. The van der Waals surface area contributed by atoms with Crippen molar-refractivity contribution >= 4 is 58.3 Å². The van der Waals surface area contributed by atoms with Crippen LogP contribution in [-0.4, -0.2) is 44.9 Å². The number of esters is 1. The maximum atomic E-state index is 13.9. The average molecular weight is 881 g/mol. The van der Waals surface area contributed by atoms with Gasteiger partial charge < -0.3 is 20.1 Å². The Kier molecular flexibility index (Phi) is 18.2. The van der Waals surface area contributed by atoms with Gasteiger partial charge in [-0.15, -0.1) is 5.10 Å². The second-order valence-electron chi connectivity index (χ2n) is 16.3. The van der Waals surface area contributed by atoms with Crippen molar-refractivity contribution in [3.05, 3.63) is 125 Å². The van der Waals surface area contributed by atoms with Gasteiger partial charge in [-0.05, 0) is 97.3 Å². The molecule has 5 aromatic rings. The molecule has 1 aromatic heterocycles. The summed E-state index contributed by atoms with van der Waals surface area (Å²) < 4.78 is 12.9. The van der Waals surface area contributed by atoms with E-state index in [1.54, 1.807) is 75.4 Å². The first kappa shape index (κ1) is 47.6. The fourth-order valence-electron chi connectivity index (χ4n) is 6.57. The van der Waals surface area contributed by atoms with Gasteiger partial charge in [0.1, 0.15) is 17.8 Å². The molecule has 5 rings (SSSR count). The van der Waals surface area contributed by atoms with E-state index in [-0.39, 0.29) is 28.8 Å². The van der Waals surface area contributed by atoms with Gasteiger partial charge in [-0.2, -0.15) is 0 Å². The number of hydrogen-bond donors (Lipinski definition) is 2. The summed E-state index contributed by atoms with van der Waals surface area (Å²) in [6, 6.07) is 25.8. The highest BCUT2D eigenvalue weighted by Gasteiger charge is 2.37. The van der Waals surface area contributed by atoms with Gasteiger partial charge >= 0.3 is 5.97 Å². The zero-order chi connectivity index (χ0) is 44.5. The highest BCUT2D eigenvalue weighted by molar-refractivity contribution is 7.98. The average Bonchev–Trinajstić information content (AvgIpc) is 3.72. The van der Waals surface area contributed by atoms with Gasteiger partial charge in [-0.1, -0.05) is 126 Å². The van der Waals surface area contributed by atoms with E-state index in [1.807, 2.05) is 18.2 Å². The molecule has 13 heteroatoms. The van der Waals surface area contributed by atoms with Crippen molar-refractivity contribution in [1.29, 1.82) is 0 Å². The molecule has 62 heavy (non-hydrogen) atoms. The lowest BCUT2D eigenvalue weighted by atomic mass is 9.86. The topological polar surface area (TPSA) is 142 Å². The van der Waals surface area contributed by atoms with E-state index in [1.165, 1.54) is 59.6 Å². The third-order valence-corrected chi connectivity index (χ3v) is 11.3. The molecule has 1 unspecified atom stereocenters. The Morgan fingerprint density at radius 2 is 1.52 bits per heavy atom. The van der Waals surface area contributed by atoms with Crippen molar-refractivity contribution in [2.24, 2.45) is 5.41 Å². The van der Waals surface area contributed by atoms with Crippen LogP contribution in [-0.2, 0) is 33.0 Å². The summed E-state index contributed by atoms with van der Waals surface area (Å²) >= 11 is 7.84. The fraction of sp³-hybridized carbons (Fsp3) is 0.388. The number of carbonyl (C=O) groups excluding carboxylic acids is 4. The van der Waals surface area contributed by atoms with Crippen LogP contribution in [0.2, 0.25) is 5.02 Å². The molecule has 328 valence electrons. The number of carbonyl (C=O) groups is 4. The second kappa shape index (κ2) is 23.7. The van der Waals surface area contributed by atoms with E-state index in [0.717, 1.165) is 37.0 Å². The number of halogens is 1. The van der Waals surface area contributed by atoms with Crippen LogP contribution in [0.15, 0.2) is 102 Å². The van der Waals surface area contributed by atoms with Crippen molar-refractivity contribution < 1.29 is 28.7 Å². The number of unbranched alkanes of at least 4 members (excludes halogenated alkanes) is 4. The van der Waals surface area contributed by atoms with Crippen LogP contribution in [0.3, 0.4) is 0 Å². The molecule has 0 fully saturated rings. The van der Waals surface area contributed by atoms with Gasteiger partial charge in [-0.3, -0.25) is 14.4 Å². The van der Waals surface area contributed by atoms with E-state index in [4.69, 9.17) is 21.1 Å². The number of anilines is 2. The molecule has 2 N–H and O–H groups in total. The predicted octanol–water partition coefficient (Wildman–Crippen LogP) is 11.5. The Labute approximate surface area is 374 Å². The fourth-order valence-corrected chi connectivity index (χ4v) is 7.49. The van der Waals surface area contributed by atoms with E-state index in [9.17, 15) is 19.2 Å². The minimum atomic E-state index is -1.36. The normalized spacial score (nSPS) is 11.8. The Morgan fingerprint density at radius 3 is 2.23 bits per heavy atom. The molecule has 4 aromatic carbocycles. The van der Waals surface area contributed by atoms with Gasteiger partial charge in [0.25, 0.3) is 5.91 Å². The number of ether oxygens (including phenoxy) is 2. The SMILES string of the molecule is CCCCCc1ccc(OCCCC(=O)Nc2ccc(Cl)c(NC(=O)C(C(=O)C(C)(C)C)n3cnc(SCc4ccc(C(=O)Oc5ccccc5)cc4)n3)c2)c(CCCCC)c1. The monoisotopic (exact) mass is 879 g/mol. The number of para-hydroxylation sites is 1. The van der Waals surface area contributed by atoms with Crippen LogP contribution in [0.1, 0.15) is 119 Å². The first-order valence-corrected chi connectivity index (χ1v) is 22.8. The molecular weight excluding hydrogens is 822 g/mol. The zero-order valence-electron chi connectivity index (χ0n) is 36.4. The largest absolute Gasteiger partial charge is 0.493 e. The molecule has 0 saturated carbocycles. The first-order valence-electron chi connectivity index (χ1n) is 21.4. The minimum absolute atomic E-state index is 0.211. The number of hydrogen-bond acceptors (Lipinski definition) is 9. The molecule has 1 atom stereocenters. The van der Waals surface area contributed by atoms with Gasteiger partial charge in [0.15, 0.2) is 11.8 Å². The maximum Gasteiger partial charge on any atom is 0.343 e. The molecule has 0 radical (unpaired) electrons. The van der Waals surface area contributed by atoms with E-state index in [0.29, 0.717) is 40.9 Å². The highest BCUT2D eigenvalue weighted by atomic mass is 35.5. The van der Waals surface area contributed by atoms with Crippen LogP contribution >= 0.6 is 23.4 Å². The van der Waals surface area contributed by atoms with Crippen LogP contribution in [0.25, 0.3) is 0 Å². The quantitative estimate of drug-likeness (QED) is 0.0216. The third kappa shape index (κ3) is 14.6. The van der Waals surface area contributed by atoms with E-state index >= 15 is 0 Å². The Bertz CT molecular complexity index is 2260. The van der Waals surface area contributed by atoms with E-state index in [2.05, 4.69) is 52.8 Å². The van der Waals surface area contributed by atoms with E-state index < -0.39 is 23.3 Å². The summed E-state index contributed by atoms with van der Waals surface area (Å²) in [4.78, 5) is 57.6. The molecule has 1 heterocycles. The standard InChI is InChI=1S/C49H58ClN5O6S/c1-6-8-11-16-34-23-28-42(37(30-34)17-12-9-7-2)60-29-15-20-43(56)52-38-26-27-40(50)41(31-38)53-46(58)44(45(57)49(3,4)5)55-33-51-48(54-55)62-32-35-21-24-36(25-22-35)47(59)61-39-18-13-10-14-19-39/h10,13-14,18-19,21-28,30-31,33,44H,6-9,11-12,15-17,20,29,32H2,1-5H3,(H,52,56)(H,53,58). The number of benzene rings is 4. The van der Waals surface area contributed by atoms with Crippen LogP contribution in [0.4, 0.5) is 11.4 Å². The molecule has 0 aliphatic carbocycles. The maximum absolute atomic E-state index is 13.9. The second-order valence-corrected chi connectivity index (χ2v) is 17.6. The number of rotatable bonds is 23. The van der Waals surface area contributed by atoms with Gasteiger partial charge in [0, 0.05) is 23.3 Å². The lowest BCUT2D eigenvalue weighted by molar-refractivity contribution is -0.136. The predicted molar refractivity (Wildman–Crippen MR) is 247 cm³/mol. The van der Waals surface area contributed by atoms with Gasteiger partial charge in [-0.25, -0.2) is 14.5 Å².